The molecule has 0 saturated heterocycles. The Morgan fingerprint density at radius 2 is 2.04 bits per heavy atom. The lowest BCUT2D eigenvalue weighted by atomic mass is 10.0. The molecule has 7 heteroatoms. The van der Waals surface area contributed by atoms with Crippen LogP contribution in [0.1, 0.15) is 21.7 Å². The summed E-state index contributed by atoms with van der Waals surface area (Å²) in [6.45, 7) is 1.37. The zero-order valence-corrected chi connectivity index (χ0v) is 12.7. The maximum absolute atomic E-state index is 11.6. The molecule has 3 heterocycles. The summed E-state index contributed by atoms with van der Waals surface area (Å²) in [6.07, 6.45) is 2.56. The first-order chi connectivity index (χ1) is 11.1. The minimum Gasteiger partial charge on any atom is -0.364 e. The quantitative estimate of drug-likeness (QED) is 0.763. The number of hydrogen-bond acceptors (Lipinski definition) is 5. The van der Waals surface area contributed by atoms with Crippen LogP contribution in [0.4, 0.5) is 5.82 Å². The molecule has 7 nitrogen and oxygen atoms in total. The van der Waals surface area contributed by atoms with Crippen molar-refractivity contribution in [3.63, 3.8) is 0 Å². The number of aryl methyl sites for hydroxylation is 1. The molecule has 0 fully saturated rings. The lowest BCUT2D eigenvalue weighted by molar-refractivity contribution is 0.0994. The van der Waals surface area contributed by atoms with Crippen molar-refractivity contribution in [3.8, 4) is 0 Å². The largest absolute Gasteiger partial charge is 0.364 e. The summed E-state index contributed by atoms with van der Waals surface area (Å²) in [4.78, 5) is 22.8. The number of primary amides is 1. The van der Waals surface area contributed by atoms with Crippen LogP contribution in [0, 0.1) is 0 Å². The fourth-order valence-corrected chi connectivity index (χ4v) is 3.09. The SMILES string of the molecule is Cn1nc(C(N)=O)c2c1CCN(c1cnc3ccccc3n1)C2. The summed E-state index contributed by atoms with van der Waals surface area (Å²) < 4.78 is 1.75. The molecular formula is C16H16N6O. The Bertz CT molecular complexity index is 916. The maximum atomic E-state index is 11.6. The zero-order chi connectivity index (χ0) is 16.0. The van der Waals surface area contributed by atoms with Gasteiger partial charge in [-0.1, -0.05) is 12.1 Å². The van der Waals surface area contributed by atoms with E-state index in [9.17, 15) is 4.79 Å². The Morgan fingerprint density at radius 3 is 2.83 bits per heavy atom. The molecule has 2 aromatic heterocycles. The molecule has 0 radical (unpaired) electrons. The Kier molecular flexibility index (Phi) is 3.00. The topological polar surface area (TPSA) is 89.9 Å². The first kappa shape index (κ1) is 13.7. The number of aromatic nitrogens is 4. The van der Waals surface area contributed by atoms with Gasteiger partial charge in [0.15, 0.2) is 5.69 Å². The van der Waals surface area contributed by atoms with Gasteiger partial charge in [-0.15, -0.1) is 0 Å². The predicted octanol–water partition coefficient (Wildman–Crippen LogP) is 1.02. The van der Waals surface area contributed by atoms with Crippen molar-refractivity contribution in [1.29, 1.82) is 0 Å². The van der Waals surface area contributed by atoms with Crippen molar-refractivity contribution in [2.75, 3.05) is 11.4 Å². The summed E-state index contributed by atoms with van der Waals surface area (Å²) in [6, 6.07) is 7.77. The highest BCUT2D eigenvalue weighted by molar-refractivity contribution is 5.92. The Hall–Kier alpha value is -2.96. The van der Waals surface area contributed by atoms with Crippen LogP contribution in [0.15, 0.2) is 30.5 Å². The number of anilines is 1. The van der Waals surface area contributed by atoms with Crippen LogP contribution < -0.4 is 10.6 Å². The van der Waals surface area contributed by atoms with E-state index in [1.807, 2.05) is 31.3 Å². The summed E-state index contributed by atoms with van der Waals surface area (Å²) in [5.41, 5.74) is 9.47. The van der Waals surface area contributed by atoms with Crippen LogP contribution in [-0.2, 0) is 20.0 Å². The molecule has 3 aromatic rings. The molecule has 0 saturated carbocycles. The third-order valence-corrected chi connectivity index (χ3v) is 4.24. The van der Waals surface area contributed by atoms with Gasteiger partial charge in [-0.3, -0.25) is 14.5 Å². The van der Waals surface area contributed by atoms with Crippen molar-refractivity contribution >= 4 is 22.8 Å². The number of amides is 1. The molecule has 0 bridgehead atoms. The third kappa shape index (κ3) is 2.21. The molecule has 1 aromatic carbocycles. The zero-order valence-electron chi connectivity index (χ0n) is 12.7. The van der Waals surface area contributed by atoms with E-state index >= 15 is 0 Å². The Morgan fingerprint density at radius 1 is 1.26 bits per heavy atom. The number of benzene rings is 1. The first-order valence-electron chi connectivity index (χ1n) is 7.45. The number of nitrogens with two attached hydrogens (primary N) is 1. The fraction of sp³-hybridized carbons (Fsp3) is 0.250. The second-order valence-corrected chi connectivity index (χ2v) is 5.65. The van der Waals surface area contributed by atoms with Crippen LogP contribution in [0.2, 0.25) is 0 Å². The van der Waals surface area contributed by atoms with E-state index in [2.05, 4.69) is 20.0 Å². The van der Waals surface area contributed by atoms with Crippen LogP contribution in [0.3, 0.4) is 0 Å². The highest BCUT2D eigenvalue weighted by Crippen LogP contribution is 2.25. The second-order valence-electron chi connectivity index (χ2n) is 5.65. The minimum absolute atomic E-state index is 0.348. The number of nitrogens with zero attached hydrogens (tertiary/aromatic N) is 5. The lowest BCUT2D eigenvalue weighted by Gasteiger charge is -2.28. The molecule has 4 rings (SSSR count). The molecule has 0 atom stereocenters. The molecule has 1 aliphatic heterocycles. The highest BCUT2D eigenvalue weighted by Gasteiger charge is 2.26. The monoisotopic (exact) mass is 308 g/mol. The molecule has 0 aliphatic carbocycles. The number of hydrogen-bond donors (Lipinski definition) is 1. The molecule has 2 N–H and O–H groups in total. The van der Waals surface area contributed by atoms with Gasteiger partial charge in [0, 0.05) is 37.8 Å². The first-order valence-corrected chi connectivity index (χ1v) is 7.45. The van der Waals surface area contributed by atoms with Crippen molar-refractivity contribution in [2.24, 2.45) is 12.8 Å². The van der Waals surface area contributed by atoms with Gasteiger partial charge in [0.05, 0.1) is 17.2 Å². The van der Waals surface area contributed by atoms with E-state index in [1.54, 1.807) is 10.9 Å². The van der Waals surface area contributed by atoms with E-state index in [4.69, 9.17) is 5.73 Å². The van der Waals surface area contributed by atoms with Gasteiger partial charge >= 0.3 is 0 Å². The molecule has 1 aliphatic rings. The summed E-state index contributed by atoms with van der Waals surface area (Å²) in [5, 5.41) is 4.25. The number of carbonyl (C=O) groups excluding carboxylic acids is 1. The minimum atomic E-state index is -0.492. The molecule has 0 spiro atoms. The van der Waals surface area contributed by atoms with Gasteiger partial charge in [0.25, 0.3) is 5.91 Å². The number of rotatable bonds is 2. The Balaban J connectivity index is 1.73. The van der Waals surface area contributed by atoms with Crippen LogP contribution in [0.5, 0.6) is 0 Å². The van der Waals surface area contributed by atoms with Gasteiger partial charge in [0.2, 0.25) is 0 Å². The predicted molar refractivity (Wildman–Crippen MR) is 86.0 cm³/mol. The number of carbonyl (C=O) groups is 1. The lowest BCUT2D eigenvalue weighted by Crippen LogP contribution is -2.32. The van der Waals surface area contributed by atoms with Crippen molar-refractivity contribution in [3.05, 3.63) is 47.4 Å². The summed E-state index contributed by atoms with van der Waals surface area (Å²) in [5.74, 6) is 0.307. The molecule has 23 heavy (non-hydrogen) atoms. The van der Waals surface area contributed by atoms with Crippen LogP contribution >= 0.6 is 0 Å². The van der Waals surface area contributed by atoms with E-state index in [1.165, 1.54) is 0 Å². The maximum Gasteiger partial charge on any atom is 0.269 e. The average Bonchev–Trinajstić information content (AvgIpc) is 2.91. The standard InChI is InChI=1S/C16H16N6O/c1-21-13-6-7-22(9-10(13)15(20-21)16(17)23)14-8-18-11-4-2-3-5-12(11)19-14/h2-5,8H,6-7,9H2,1H3,(H2,17,23). The summed E-state index contributed by atoms with van der Waals surface area (Å²) in [7, 11) is 1.84. The van der Waals surface area contributed by atoms with E-state index in [-0.39, 0.29) is 0 Å². The van der Waals surface area contributed by atoms with E-state index < -0.39 is 5.91 Å². The molecule has 0 unspecified atom stereocenters. The van der Waals surface area contributed by atoms with Gasteiger partial charge < -0.3 is 10.6 Å². The van der Waals surface area contributed by atoms with Crippen LogP contribution in [0.25, 0.3) is 11.0 Å². The van der Waals surface area contributed by atoms with Crippen molar-refractivity contribution < 1.29 is 4.79 Å². The van der Waals surface area contributed by atoms with Gasteiger partial charge in [-0.25, -0.2) is 4.98 Å². The molecule has 116 valence electrons. The average molecular weight is 308 g/mol. The number of fused-ring (bicyclic) bond motifs is 2. The fourth-order valence-electron chi connectivity index (χ4n) is 3.09. The highest BCUT2D eigenvalue weighted by atomic mass is 16.1. The van der Waals surface area contributed by atoms with Crippen molar-refractivity contribution in [2.45, 2.75) is 13.0 Å². The molecular weight excluding hydrogens is 292 g/mol. The van der Waals surface area contributed by atoms with Gasteiger partial charge in [-0.05, 0) is 12.1 Å². The normalized spacial score (nSPS) is 14.0. The van der Waals surface area contributed by atoms with Crippen molar-refractivity contribution in [1.82, 2.24) is 19.7 Å². The van der Waals surface area contributed by atoms with E-state index in [0.29, 0.717) is 12.2 Å². The molecule has 1 amide bonds. The summed E-state index contributed by atoms with van der Waals surface area (Å²) >= 11 is 0. The van der Waals surface area contributed by atoms with Gasteiger partial charge in [0.1, 0.15) is 5.82 Å². The Labute approximate surface area is 132 Å². The third-order valence-electron chi connectivity index (χ3n) is 4.24. The second kappa shape index (κ2) is 5.05. The van der Waals surface area contributed by atoms with E-state index in [0.717, 1.165) is 41.1 Å². The smallest absolute Gasteiger partial charge is 0.269 e. The van der Waals surface area contributed by atoms with Crippen LogP contribution in [-0.4, -0.2) is 32.2 Å². The van der Waals surface area contributed by atoms with Gasteiger partial charge in [-0.2, -0.15) is 5.10 Å². The number of para-hydroxylation sites is 2.